The molecule has 1 aromatic heterocycles. The number of hydrogen-bond acceptors (Lipinski definition) is 3. The molecule has 1 rings (SSSR count). The lowest BCUT2D eigenvalue weighted by molar-refractivity contribution is 0.125. The maximum Gasteiger partial charge on any atom is 0.0639 e. The van der Waals surface area contributed by atoms with Gasteiger partial charge in [-0.15, -0.1) is 0 Å². The summed E-state index contributed by atoms with van der Waals surface area (Å²) in [4.78, 5) is 6.42. The molecule has 0 bridgehead atoms. The Balaban J connectivity index is 2.48. The number of aliphatic hydroxyl groups excluding tert-OH is 1. The van der Waals surface area contributed by atoms with Crippen molar-refractivity contribution in [2.75, 3.05) is 13.1 Å². The van der Waals surface area contributed by atoms with Crippen LogP contribution in [-0.4, -0.2) is 34.2 Å². The summed E-state index contributed by atoms with van der Waals surface area (Å²) in [6, 6.07) is 5.90. The summed E-state index contributed by atoms with van der Waals surface area (Å²) in [5.74, 6) is 0. The highest BCUT2D eigenvalue weighted by Crippen LogP contribution is 2.01. The second-order valence-electron chi connectivity index (χ2n) is 3.50. The summed E-state index contributed by atoms with van der Waals surface area (Å²) in [5, 5.41) is 9.27. The Bertz CT molecular complexity index is 249. The first-order valence-corrected chi connectivity index (χ1v) is 5.02. The van der Waals surface area contributed by atoms with Crippen LogP contribution in [-0.2, 0) is 6.54 Å². The van der Waals surface area contributed by atoms with E-state index in [1.165, 1.54) is 0 Å². The quantitative estimate of drug-likeness (QED) is 0.767. The Morgan fingerprint density at radius 1 is 1.50 bits per heavy atom. The Morgan fingerprint density at radius 3 is 2.79 bits per heavy atom. The molecule has 0 amide bonds. The van der Waals surface area contributed by atoms with Gasteiger partial charge in [-0.2, -0.15) is 0 Å². The standard InChI is InChI=1S/C11H18N2O/c1-3-13(8-10(2)14)9-11-6-4-5-7-12-11/h4-7,10,14H,3,8-9H2,1-2H3/t10-/m0/s1. The van der Waals surface area contributed by atoms with Gasteiger partial charge in [0.05, 0.1) is 11.8 Å². The van der Waals surface area contributed by atoms with Crippen LogP contribution in [0.2, 0.25) is 0 Å². The predicted octanol–water partition coefficient (Wildman–Crippen LogP) is 1.28. The SMILES string of the molecule is CCN(Cc1ccccn1)C[C@H](C)O. The van der Waals surface area contributed by atoms with Gasteiger partial charge in [-0.25, -0.2) is 0 Å². The minimum atomic E-state index is -0.279. The predicted molar refractivity (Wildman–Crippen MR) is 56.9 cm³/mol. The third kappa shape index (κ3) is 3.85. The Labute approximate surface area is 85.4 Å². The van der Waals surface area contributed by atoms with Crippen molar-refractivity contribution >= 4 is 0 Å². The first-order valence-electron chi connectivity index (χ1n) is 5.02. The van der Waals surface area contributed by atoms with Gasteiger partial charge in [-0.05, 0) is 25.6 Å². The first kappa shape index (κ1) is 11.1. The summed E-state index contributed by atoms with van der Waals surface area (Å²) in [6.07, 6.45) is 1.52. The number of aliphatic hydroxyl groups is 1. The van der Waals surface area contributed by atoms with Crippen LogP contribution in [0.1, 0.15) is 19.5 Å². The van der Waals surface area contributed by atoms with E-state index in [0.717, 1.165) is 18.8 Å². The van der Waals surface area contributed by atoms with Crippen molar-refractivity contribution < 1.29 is 5.11 Å². The maximum atomic E-state index is 9.27. The number of pyridine rings is 1. The molecule has 0 fully saturated rings. The summed E-state index contributed by atoms with van der Waals surface area (Å²) >= 11 is 0. The van der Waals surface area contributed by atoms with Gasteiger partial charge in [0.25, 0.3) is 0 Å². The lowest BCUT2D eigenvalue weighted by Crippen LogP contribution is -2.30. The third-order valence-corrected chi connectivity index (χ3v) is 2.08. The van der Waals surface area contributed by atoms with Crippen LogP contribution in [0, 0.1) is 0 Å². The van der Waals surface area contributed by atoms with Crippen LogP contribution in [0.4, 0.5) is 0 Å². The molecule has 3 nitrogen and oxygen atoms in total. The third-order valence-electron chi connectivity index (χ3n) is 2.08. The van der Waals surface area contributed by atoms with Crippen LogP contribution in [0.3, 0.4) is 0 Å². The molecular weight excluding hydrogens is 176 g/mol. The van der Waals surface area contributed by atoms with Crippen molar-refractivity contribution in [3.05, 3.63) is 30.1 Å². The molecule has 1 heterocycles. The van der Waals surface area contributed by atoms with E-state index in [9.17, 15) is 5.11 Å². The van der Waals surface area contributed by atoms with E-state index in [1.54, 1.807) is 13.1 Å². The Morgan fingerprint density at radius 2 is 2.29 bits per heavy atom. The molecule has 0 radical (unpaired) electrons. The highest BCUT2D eigenvalue weighted by atomic mass is 16.3. The molecule has 0 aliphatic rings. The monoisotopic (exact) mass is 194 g/mol. The molecule has 0 unspecified atom stereocenters. The second kappa shape index (κ2) is 5.73. The van der Waals surface area contributed by atoms with Gasteiger partial charge in [0.2, 0.25) is 0 Å². The fourth-order valence-electron chi connectivity index (χ4n) is 1.40. The molecule has 0 saturated carbocycles. The Kier molecular flexibility index (Phi) is 4.56. The van der Waals surface area contributed by atoms with Gasteiger partial charge in [0, 0.05) is 19.3 Å². The molecule has 1 atom stereocenters. The molecule has 1 N–H and O–H groups in total. The number of aromatic nitrogens is 1. The molecule has 78 valence electrons. The number of hydrogen-bond donors (Lipinski definition) is 1. The van der Waals surface area contributed by atoms with Gasteiger partial charge < -0.3 is 5.11 Å². The van der Waals surface area contributed by atoms with E-state index in [1.807, 2.05) is 18.2 Å². The summed E-state index contributed by atoms with van der Waals surface area (Å²) in [7, 11) is 0. The van der Waals surface area contributed by atoms with Crippen molar-refractivity contribution in [3.8, 4) is 0 Å². The minimum absolute atomic E-state index is 0.279. The molecule has 0 aliphatic carbocycles. The second-order valence-corrected chi connectivity index (χ2v) is 3.50. The minimum Gasteiger partial charge on any atom is -0.392 e. The lowest BCUT2D eigenvalue weighted by atomic mass is 10.3. The van der Waals surface area contributed by atoms with Crippen molar-refractivity contribution in [1.82, 2.24) is 9.88 Å². The molecule has 0 aromatic carbocycles. The zero-order valence-electron chi connectivity index (χ0n) is 8.85. The lowest BCUT2D eigenvalue weighted by Gasteiger charge is -2.21. The Hall–Kier alpha value is -0.930. The van der Waals surface area contributed by atoms with Crippen LogP contribution in [0.25, 0.3) is 0 Å². The molecule has 0 saturated heterocycles. The maximum absolute atomic E-state index is 9.27. The van der Waals surface area contributed by atoms with Gasteiger partial charge in [0.1, 0.15) is 0 Å². The van der Waals surface area contributed by atoms with E-state index >= 15 is 0 Å². The topological polar surface area (TPSA) is 36.4 Å². The average Bonchev–Trinajstić information content (AvgIpc) is 2.17. The summed E-state index contributed by atoms with van der Waals surface area (Å²) in [6.45, 7) is 6.34. The highest BCUT2D eigenvalue weighted by Gasteiger charge is 2.06. The summed E-state index contributed by atoms with van der Waals surface area (Å²) < 4.78 is 0. The van der Waals surface area contributed by atoms with Crippen LogP contribution >= 0.6 is 0 Å². The fourth-order valence-corrected chi connectivity index (χ4v) is 1.40. The van der Waals surface area contributed by atoms with E-state index in [2.05, 4.69) is 16.8 Å². The zero-order chi connectivity index (χ0) is 10.4. The van der Waals surface area contributed by atoms with E-state index in [0.29, 0.717) is 6.54 Å². The van der Waals surface area contributed by atoms with Gasteiger partial charge >= 0.3 is 0 Å². The zero-order valence-corrected chi connectivity index (χ0v) is 8.85. The average molecular weight is 194 g/mol. The molecular formula is C11H18N2O. The fraction of sp³-hybridized carbons (Fsp3) is 0.545. The molecule has 3 heteroatoms. The smallest absolute Gasteiger partial charge is 0.0639 e. The van der Waals surface area contributed by atoms with Crippen LogP contribution < -0.4 is 0 Å². The van der Waals surface area contributed by atoms with Crippen molar-refractivity contribution in [3.63, 3.8) is 0 Å². The normalized spacial score (nSPS) is 13.1. The number of rotatable bonds is 5. The number of likely N-dealkylation sites (N-methyl/N-ethyl adjacent to an activating group) is 1. The van der Waals surface area contributed by atoms with Crippen LogP contribution in [0.5, 0.6) is 0 Å². The van der Waals surface area contributed by atoms with Gasteiger partial charge in [-0.1, -0.05) is 13.0 Å². The number of nitrogens with zero attached hydrogens (tertiary/aromatic N) is 2. The molecule has 0 aliphatic heterocycles. The van der Waals surface area contributed by atoms with E-state index in [-0.39, 0.29) is 6.10 Å². The van der Waals surface area contributed by atoms with Crippen LogP contribution in [0.15, 0.2) is 24.4 Å². The molecule has 14 heavy (non-hydrogen) atoms. The van der Waals surface area contributed by atoms with Crippen molar-refractivity contribution in [1.29, 1.82) is 0 Å². The first-order chi connectivity index (χ1) is 6.72. The van der Waals surface area contributed by atoms with Crippen molar-refractivity contribution in [2.24, 2.45) is 0 Å². The van der Waals surface area contributed by atoms with Crippen molar-refractivity contribution in [2.45, 2.75) is 26.5 Å². The van der Waals surface area contributed by atoms with Gasteiger partial charge in [0.15, 0.2) is 0 Å². The molecule has 1 aromatic rings. The summed E-state index contributed by atoms with van der Waals surface area (Å²) in [5.41, 5.74) is 1.05. The van der Waals surface area contributed by atoms with E-state index in [4.69, 9.17) is 0 Å². The van der Waals surface area contributed by atoms with E-state index < -0.39 is 0 Å². The largest absolute Gasteiger partial charge is 0.392 e. The highest BCUT2D eigenvalue weighted by molar-refractivity contribution is 5.03. The van der Waals surface area contributed by atoms with Gasteiger partial charge in [-0.3, -0.25) is 9.88 Å². The molecule has 0 spiro atoms.